The zero-order chi connectivity index (χ0) is 14.9. The van der Waals surface area contributed by atoms with Crippen molar-refractivity contribution in [1.82, 2.24) is 9.55 Å². The molecule has 4 heteroatoms. The predicted octanol–water partition coefficient (Wildman–Crippen LogP) is 2.92. The Labute approximate surface area is 127 Å². The Kier molecular flexibility index (Phi) is 3.00. The first-order valence-electron chi connectivity index (χ1n) is 7.22. The van der Waals surface area contributed by atoms with Gasteiger partial charge in [0.1, 0.15) is 6.61 Å². The third kappa shape index (κ3) is 2.09. The molecule has 0 saturated heterocycles. The van der Waals surface area contributed by atoms with Crippen LogP contribution in [0.15, 0.2) is 59.4 Å². The Balaban J connectivity index is 1.95. The average molecular weight is 290 g/mol. The van der Waals surface area contributed by atoms with Crippen molar-refractivity contribution in [2.24, 2.45) is 0 Å². The highest BCUT2D eigenvalue weighted by atomic mass is 16.5. The monoisotopic (exact) mass is 290 g/mol. The van der Waals surface area contributed by atoms with E-state index in [1.54, 1.807) is 4.57 Å². The summed E-state index contributed by atoms with van der Waals surface area (Å²) in [5.74, 6) is 1.24. The number of hydrogen-bond acceptors (Lipinski definition) is 3. The number of hydrogen-bond donors (Lipinski definition) is 0. The molecule has 0 radical (unpaired) electrons. The number of aromatic nitrogens is 2. The molecule has 0 saturated carbocycles. The Morgan fingerprint density at radius 3 is 2.68 bits per heavy atom. The van der Waals surface area contributed by atoms with Gasteiger partial charge in [0.25, 0.3) is 5.56 Å². The van der Waals surface area contributed by atoms with E-state index in [2.05, 4.69) is 4.98 Å². The molecule has 0 amide bonds. The van der Waals surface area contributed by atoms with Crippen LogP contribution in [0.4, 0.5) is 0 Å². The molecule has 0 N–H and O–H groups in total. The van der Waals surface area contributed by atoms with E-state index in [1.807, 2.05) is 60.7 Å². The van der Waals surface area contributed by atoms with Crippen molar-refractivity contribution in [2.75, 3.05) is 6.61 Å². The summed E-state index contributed by atoms with van der Waals surface area (Å²) in [6.07, 6.45) is 1.92. The standard InChI is InChI=1S/C18H14N2O2/c21-18-14-8-4-5-9-15(14)19-17-16(22-11-10-20(17)18)12-13-6-2-1-3-7-13/h1-9,12H,10-11H2/b16-12+. The van der Waals surface area contributed by atoms with Crippen molar-refractivity contribution in [2.45, 2.75) is 6.54 Å². The van der Waals surface area contributed by atoms with E-state index < -0.39 is 0 Å². The van der Waals surface area contributed by atoms with Gasteiger partial charge in [-0.2, -0.15) is 0 Å². The highest BCUT2D eigenvalue weighted by Gasteiger charge is 2.19. The van der Waals surface area contributed by atoms with Crippen LogP contribution in [-0.2, 0) is 11.3 Å². The number of nitrogens with zero attached hydrogens (tertiary/aromatic N) is 2. The summed E-state index contributed by atoms with van der Waals surface area (Å²) in [6.45, 7) is 1.00. The largest absolute Gasteiger partial charge is 0.488 e. The lowest BCUT2D eigenvalue weighted by Crippen LogP contribution is -2.30. The quantitative estimate of drug-likeness (QED) is 0.692. The molecule has 0 unspecified atom stereocenters. The summed E-state index contributed by atoms with van der Waals surface area (Å²) >= 11 is 0. The van der Waals surface area contributed by atoms with E-state index in [1.165, 1.54) is 0 Å². The minimum absolute atomic E-state index is 0.0112. The van der Waals surface area contributed by atoms with Crippen LogP contribution in [0.5, 0.6) is 0 Å². The van der Waals surface area contributed by atoms with E-state index in [4.69, 9.17) is 4.74 Å². The maximum Gasteiger partial charge on any atom is 0.261 e. The first-order valence-corrected chi connectivity index (χ1v) is 7.22. The fraction of sp³-hybridized carbons (Fsp3) is 0.111. The zero-order valence-corrected chi connectivity index (χ0v) is 11.9. The molecule has 0 spiro atoms. The van der Waals surface area contributed by atoms with Crippen molar-refractivity contribution in [3.8, 4) is 0 Å². The van der Waals surface area contributed by atoms with Crippen molar-refractivity contribution in [1.29, 1.82) is 0 Å². The highest BCUT2D eigenvalue weighted by molar-refractivity contribution is 5.81. The highest BCUT2D eigenvalue weighted by Crippen LogP contribution is 2.22. The van der Waals surface area contributed by atoms with E-state index in [0.29, 0.717) is 35.6 Å². The number of benzene rings is 2. The Morgan fingerprint density at radius 2 is 1.82 bits per heavy atom. The molecule has 1 aromatic heterocycles. The van der Waals surface area contributed by atoms with Gasteiger partial charge in [-0.25, -0.2) is 4.98 Å². The lowest BCUT2D eigenvalue weighted by Gasteiger charge is -2.21. The molecule has 3 aromatic rings. The molecule has 4 rings (SSSR count). The number of rotatable bonds is 1. The van der Waals surface area contributed by atoms with Gasteiger partial charge in [0.15, 0.2) is 11.6 Å². The summed E-state index contributed by atoms with van der Waals surface area (Å²) in [6, 6.07) is 17.3. The number of para-hydroxylation sites is 1. The smallest absolute Gasteiger partial charge is 0.261 e. The summed E-state index contributed by atoms with van der Waals surface area (Å²) in [5, 5.41) is 0.646. The molecule has 1 aliphatic heterocycles. The van der Waals surface area contributed by atoms with Crippen LogP contribution in [0, 0.1) is 0 Å². The fourth-order valence-corrected chi connectivity index (χ4v) is 2.68. The van der Waals surface area contributed by atoms with Crippen LogP contribution in [0.3, 0.4) is 0 Å². The minimum Gasteiger partial charge on any atom is -0.488 e. The molecule has 2 aromatic carbocycles. The van der Waals surface area contributed by atoms with Gasteiger partial charge >= 0.3 is 0 Å². The molecule has 2 heterocycles. The Hall–Kier alpha value is -2.88. The van der Waals surface area contributed by atoms with Crippen LogP contribution in [0.1, 0.15) is 11.4 Å². The van der Waals surface area contributed by atoms with E-state index >= 15 is 0 Å². The summed E-state index contributed by atoms with van der Waals surface area (Å²) in [5.41, 5.74) is 1.71. The van der Waals surface area contributed by atoms with Crippen molar-refractivity contribution >= 4 is 22.7 Å². The van der Waals surface area contributed by atoms with Gasteiger partial charge < -0.3 is 4.74 Å². The van der Waals surface area contributed by atoms with E-state index in [9.17, 15) is 4.79 Å². The number of ether oxygens (including phenoxy) is 1. The van der Waals surface area contributed by atoms with E-state index in [-0.39, 0.29) is 5.56 Å². The zero-order valence-electron chi connectivity index (χ0n) is 11.9. The maximum absolute atomic E-state index is 12.6. The molecule has 1 aliphatic rings. The topological polar surface area (TPSA) is 44.1 Å². The van der Waals surface area contributed by atoms with Crippen molar-refractivity contribution in [3.63, 3.8) is 0 Å². The molecular formula is C18H14N2O2. The van der Waals surface area contributed by atoms with Crippen molar-refractivity contribution < 1.29 is 4.74 Å². The molecule has 4 nitrogen and oxygen atoms in total. The first-order chi connectivity index (χ1) is 10.8. The molecule has 22 heavy (non-hydrogen) atoms. The van der Waals surface area contributed by atoms with Crippen LogP contribution in [0.2, 0.25) is 0 Å². The molecule has 0 fully saturated rings. The Bertz CT molecular complexity index is 927. The molecule has 0 bridgehead atoms. The van der Waals surface area contributed by atoms with Crippen LogP contribution >= 0.6 is 0 Å². The maximum atomic E-state index is 12.6. The van der Waals surface area contributed by atoms with Crippen molar-refractivity contribution in [3.05, 3.63) is 76.3 Å². The molecule has 0 aliphatic carbocycles. The first kappa shape index (κ1) is 12.8. The van der Waals surface area contributed by atoms with Gasteiger partial charge in [0.2, 0.25) is 0 Å². The second-order valence-corrected chi connectivity index (χ2v) is 5.18. The Morgan fingerprint density at radius 1 is 1.05 bits per heavy atom. The second kappa shape index (κ2) is 5.15. The van der Waals surface area contributed by atoms with Crippen LogP contribution in [0.25, 0.3) is 22.7 Å². The van der Waals surface area contributed by atoms with Gasteiger partial charge in [-0.05, 0) is 23.8 Å². The van der Waals surface area contributed by atoms with Gasteiger partial charge in [0.05, 0.1) is 17.4 Å². The third-order valence-electron chi connectivity index (χ3n) is 3.75. The molecular weight excluding hydrogens is 276 g/mol. The average Bonchev–Trinajstić information content (AvgIpc) is 2.57. The number of fused-ring (bicyclic) bond motifs is 2. The molecule has 108 valence electrons. The predicted molar refractivity (Wildman–Crippen MR) is 86.3 cm³/mol. The third-order valence-corrected chi connectivity index (χ3v) is 3.75. The van der Waals surface area contributed by atoms with Gasteiger partial charge in [-0.15, -0.1) is 0 Å². The fourth-order valence-electron chi connectivity index (χ4n) is 2.68. The second-order valence-electron chi connectivity index (χ2n) is 5.18. The summed E-state index contributed by atoms with van der Waals surface area (Å²) in [7, 11) is 0. The van der Waals surface area contributed by atoms with Gasteiger partial charge in [-0.3, -0.25) is 9.36 Å². The van der Waals surface area contributed by atoms with E-state index in [0.717, 1.165) is 5.56 Å². The van der Waals surface area contributed by atoms with Crippen LogP contribution in [-0.4, -0.2) is 16.2 Å². The summed E-state index contributed by atoms with van der Waals surface area (Å²) < 4.78 is 7.45. The normalized spacial score (nSPS) is 15.5. The van der Waals surface area contributed by atoms with Crippen LogP contribution < -0.4 is 5.56 Å². The van der Waals surface area contributed by atoms with Gasteiger partial charge in [0, 0.05) is 0 Å². The molecule has 0 atom stereocenters. The lowest BCUT2D eigenvalue weighted by molar-refractivity contribution is 0.233. The lowest BCUT2D eigenvalue weighted by atomic mass is 10.2. The minimum atomic E-state index is -0.0112. The SMILES string of the molecule is O=c1c2ccccc2nc2n1CCO/C2=C/c1ccccc1. The van der Waals surface area contributed by atoms with Gasteiger partial charge in [-0.1, -0.05) is 42.5 Å². The summed E-state index contributed by atoms with van der Waals surface area (Å²) in [4.78, 5) is 17.2.